The summed E-state index contributed by atoms with van der Waals surface area (Å²) in [5.74, 6) is 0. The summed E-state index contributed by atoms with van der Waals surface area (Å²) in [5.41, 5.74) is 8.67. The highest BCUT2D eigenvalue weighted by Crippen LogP contribution is 2.22. The van der Waals surface area contributed by atoms with Crippen molar-refractivity contribution in [2.75, 3.05) is 18.0 Å². The molecule has 2 N–H and O–H groups in total. The normalized spacial score (nSPS) is 22.4. The van der Waals surface area contributed by atoms with Crippen molar-refractivity contribution >= 4 is 5.69 Å². The smallest absolute Gasteiger partial charge is 0.0396 e. The molecule has 1 unspecified atom stereocenters. The highest BCUT2D eigenvalue weighted by Gasteiger charge is 2.17. The molecule has 1 aliphatic rings. The average molecular weight is 190 g/mol. The van der Waals surface area contributed by atoms with Gasteiger partial charge in [0.1, 0.15) is 0 Å². The van der Waals surface area contributed by atoms with Crippen molar-refractivity contribution in [1.29, 1.82) is 0 Å². The Morgan fingerprint density at radius 1 is 1.36 bits per heavy atom. The van der Waals surface area contributed by atoms with Gasteiger partial charge in [0.15, 0.2) is 0 Å². The third kappa shape index (κ3) is 1.90. The van der Waals surface area contributed by atoms with Crippen LogP contribution < -0.4 is 10.6 Å². The van der Waals surface area contributed by atoms with E-state index in [2.05, 4.69) is 36.1 Å². The molecular formula is C12H18N2. The molecule has 14 heavy (non-hydrogen) atoms. The van der Waals surface area contributed by atoms with Gasteiger partial charge in [0.2, 0.25) is 0 Å². The molecule has 0 amide bonds. The van der Waals surface area contributed by atoms with Crippen molar-refractivity contribution < 1.29 is 0 Å². The number of benzene rings is 1. The van der Waals surface area contributed by atoms with Gasteiger partial charge in [-0.3, -0.25) is 0 Å². The number of nitrogens with two attached hydrogens (primary N) is 1. The third-order valence-electron chi connectivity index (χ3n) is 2.91. The summed E-state index contributed by atoms with van der Waals surface area (Å²) in [6.07, 6.45) is 2.39. The molecule has 1 atom stereocenters. The van der Waals surface area contributed by atoms with E-state index in [1.54, 1.807) is 0 Å². The lowest BCUT2D eigenvalue weighted by molar-refractivity contribution is 0.505. The van der Waals surface area contributed by atoms with E-state index in [1.807, 2.05) is 0 Å². The maximum atomic E-state index is 5.97. The molecule has 76 valence electrons. The quantitative estimate of drug-likeness (QED) is 0.733. The largest absolute Gasteiger partial charge is 0.370 e. The van der Waals surface area contributed by atoms with E-state index in [0.717, 1.165) is 13.1 Å². The Balaban J connectivity index is 2.18. The van der Waals surface area contributed by atoms with Gasteiger partial charge >= 0.3 is 0 Å². The number of hydrogen-bond acceptors (Lipinski definition) is 2. The fourth-order valence-corrected chi connectivity index (χ4v) is 2.15. The maximum absolute atomic E-state index is 5.97. The predicted octanol–water partition coefficient (Wildman–Crippen LogP) is 1.92. The van der Waals surface area contributed by atoms with Gasteiger partial charge in [0, 0.05) is 24.8 Å². The van der Waals surface area contributed by atoms with E-state index < -0.39 is 0 Å². The molecule has 1 fully saturated rings. The van der Waals surface area contributed by atoms with Crippen LogP contribution in [0.15, 0.2) is 24.3 Å². The summed E-state index contributed by atoms with van der Waals surface area (Å²) in [6.45, 7) is 4.32. The molecule has 1 aromatic rings. The van der Waals surface area contributed by atoms with Crippen LogP contribution in [0.5, 0.6) is 0 Å². The first-order valence-corrected chi connectivity index (χ1v) is 5.33. The summed E-state index contributed by atoms with van der Waals surface area (Å²) in [4.78, 5) is 2.41. The minimum Gasteiger partial charge on any atom is -0.370 e. The number of aryl methyl sites for hydroxylation is 1. The van der Waals surface area contributed by atoms with E-state index in [9.17, 15) is 0 Å². The van der Waals surface area contributed by atoms with Crippen molar-refractivity contribution in [2.45, 2.75) is 25.8 Å². The molecular weight excluding hydrogens is 172 g/mol. The second-order valence-corrected chi connectivity index (χ2v) is 4.13. The highest BCUT2D eigenvalue weighted by molar-refractivity contribution is 5.53. The zero-order valence-electron chi connectivity index (χ0n) is 8.74. The van der Waals surface area contributed by atoms with Crippen LogP contribution in [0.4, 0.5) is 5.69 Å². The van der Waals surface area contributed by atoms with Gasteiger partial charge in [-0.15, -0.1) is 0 Å². The Hall–Kier alpha value is -1.02. The van der Waals surface area contributed by atoms with E-state index in [1.165, 1.54) is 24.1 Å². The average Bonchev–Trinajstić information content (AvgIpc) is 2.18. The SMILES string of the molecule is Cc1ccccc1N1CCCC(N)C1. The number of anilines is 1. The maximum Gasteiger partial charge on any atom is 0.0396 e. The predicted molar refractivity (Wildman–Crippen MR) is 60.6 cm³/mol. The van der Waals surface area contributed by atoms with Crippen LogP contribution in [0, 0.1) is 6.92 Å². The third-order valence-corrected chi connectivity index (χ3v) is 2.91. The van der Waals surface area contributed by atoms with Crippen molar-refractivity contribution in [3.05, 3.63) is 29.8 Å². The fourth-order valence-electron chi connectivity index (χ4n) is 2.15. The lowest BCUT2D eigenvalue weighted by atomic mass is 10.0. The number of piperidine rings is 1. The van der Waals surface area contributed by atoms with Crippen molar-refractivity contribution in [3.8, 4) is 0 Å². The zero-order valence-corrected chi connectivity index (χ0v) is 8.74. The zero-order chi connectivity index (χ0) is 9.97. The Labute approximate surface area is 85.7 Å². The second kappa shape index (κ2) is 4.01. The summed E-state index contributed by atoms with van der Waals surface area (Å²) in [7, 11) is 0. The van der Waals surface area contributed by atoms with Crippen LogP contribution in [-0.2, 0) is 0 Å². The van der Waals surface area contributed by atoms with Crippen LogP contribution in [0.25, 0.3) is 0 Å². The standard InChI is InChI=1S/C12H18N2/c1-10-5-2-3-7-12(10)14-8-4-6-11(13)9-14/h2-3,5,7,11H,4,6,8-9,13H2,1H3. The minimum absolute atomic E-state index is 0.350. The van der Waals surface area contributed by atoms with Gasteiger partial charge in [0.25, 0.3) is 0 Å². The van der Waals surface area contributed by atoms with Crippen LogP contribution in [0.1, 0.15) is 18.4 Å². The second-order valence-electron chi connectivity index (χ2n) is 4.13. The summed E-state index contributed by atoms with van der Waals surface area (Å²) < 4.78 is 0. The van der Waals surface area contributed by atoms with Crippen LogP contribution in [-0.4, -0.2) is 19.1 Å². The molecule has 1 aromatic carbocycles. The molecule has 0 aliphatic carbocycles. The number of rotatable bonds is 1. The lowest BCUT2D eigenvalue weighted by Crippen LogP contribution is -2.43. The highest BCUT2D eigenvalue weighted by atomic mass is 15.1. The van der Waals surface area contributed by atoms with Gasteiger partial charge in [-0.05, 0) is 31.4 Å². The van der Waals surface area contributed by atoms with Gasteiger partial charge in [-0.25, -0.2) is 0 Å². The molecule has 0 aromatic heterocycles. The van der Waals surface area contributed by atoms with E-state index in [4.69, 9.17) is 5.73 Å². The van der Waals surface area contributed by atoms with Gasteiger partial charge < -0.3 is 10.6 Å². The van der Waals surface area contributed by atoms with E-state index in [0.29, 0.717) is 6.04 Å². The Morgan fingerprint density at radius 2 is 2.14 bits per heavy atom. The summed E-state index contributed by atoms with van der Waals surface area (Å²) in [6, 6.07) is 8.89. The monoisotopic (exact) mass is 190 g/mol. The van der Waals surface area contributed by atoms with Crippen molar-refractivity contribution in [2.24, 2.45) is 5.73 Å². The number of hydrogen-bond donors (Lipinski definition) is 1. The van der Waals surface area contributed by atoms with Gasteiger partial charge in [-0.2, -0.15) is 0 Å². The first kappa shape index (κ1) is 9.53. The van der Waals surface area contributed by atoms with Crippen LogP contribution >= 0.6 is 0 Å². The molecule has 0 spiro atoms. The molecule has 0 radical (unpaired) electrons. The van der Waals surface area contributed by atoms with Crippen LogP contribution in [0.3, 0.4) is 0 Å². The molecule has 2 heteroatoms. The molecule has 1 saturated heterocycles. The van der Waals surface area contributed by atoms with Crippen molar-refractivity contribution in [3.63, 3.8) is 0 Å². The first-order chi connectivity index (χ1) is 6.77. The van der Waals surface area contributed by atoms with E-state index >= 15 is 0 Å². The summed E-state index contributed by atoms with van der Waals surface area (Å²) >= 11 is 0. The summed E-state index contributed by atoms with van der Waals surface area (Å²) in [5, 5.41) is 0. The molecule has 2 rings (SSSR count). The lowest BCUT2D eigenvalue weighted by Gasteiger charge is -2.33. The molecule has 1 aliphatic heterocycles. The molecule has 2 nitrogen and oxygen atoms in total. The Bertz CT molecular complexity index is 309. The topological polar surface area (TPSA) is 29.3 Å². The van der Waals surface area contributed by atoms with Gasteiger partial charge in [-0.1, -0.05) is 18.2 Å². The van der Waals surface area contributed by atoms with Crippen LogP contribution in [0.2, 0.25) is 0 Å². The molecule has 0 saturated carbocycles. The number of para-hydroxylation sites is 1. The van der Waals surface area contributed by atoms with Crippen molar-refractivity contribution in [1.82, 2.24) is 0 Å². The first-order valence-electron chi connectivity index (χ1n) is 5.33. The fraction of sp³-hybridized carbons (Fsp3) is 0.500. The Morgan fingerprint density at radius 3 is 2.86 bits per heavy atom. The Kier molecular flexibility index (Phi) is 2.73. The minimum atomic E-state index is 0.350. The van der Waals surface area contributed by atoms with E-state index in [-0.39, 0.29) is 0 Å². The number of nitrogens with zero attached hydrogens (tertiary/aromatic N) is 1. The molecule has 1 heterocycles. The van der Waals surface area contributed by atoms with Gasteiger partial charge in [0.05, 0.1) is 0 Å². The molecule has 0 bridgehead atoms.